The lowest BCUT2D eigenvalue weighted by molar-refractivity contribution is -0.384. The van der Waals surface area contributed by atoms with E-state index in [0.717, 1.165) is 44.4 Å². The van der Waals surface area contributed by atoms with Crippen LogP contribution >= 0.6 is 0 Å². The highest BCUT2D eigenvalue weighted by Crippen LogP contribution is 2.28. The van der Waals surface area contributed by atoms with Gasteiger partial charge >= 0.3 is 24.3 Å². The van der Waals surface area contributed by atoms with Crippen LogP contribution in [-0.4, -0.2) is 101 Å². The van der Waals surface area contributed by atoms with Gasteiger partial charge in [0.25, 0.3) is 5.69 Å². The number of nitro groups is 1. The van der Waals surface area contributed by atoms with Gasteiger partial charge in [-0.25, -0.2) is 24.2 Å². The number of non-ortho nitro benzene ring substituents is 1. The van der Waals surface area contributed by atoms with Crippen molar-refractivity contribution in [1.82, 2.24) is 16.0 Å². The van der Waals surface area contributed by atoms with Crippen molar-refractivity contribution in [3.63, 3.8) is 0 Å². The molecule has 1 aliphatic rings. The summed E-state index contributed by atoms with van der Waals surface area (Å²) in [5, 5.41) is 28.5. The van der Waals surface area contributed by atoms with Crippen molar-refractivity contribution in [2.75, 3.05) is 13.7 Å². The van der Waals surface area contributed by atoms with E-state index in [1.54, 1.807) is 41.5 Å². The van der Waals surface area contributed by atoms with Crippen molar-refractivity contribution in [1.29, 1.82) is 0 Å². The molecule has 1 aliphatic heterocycles. The predicted molar refractivity (Wildman–Crippen MR) is 183 cm³/mol. The Hall–Kier alpha value is -5.50. The number of nitrogens with one attached hydrogen (secondary N) is 3. The summed E-state index contributed by atoms with van der Waals surface area (Å²) in [6.07, 6.45) is -5.46. The number of rotatable bonds is 11. The van der Waals surface area contributed by atoms with Gasteiger partial charge < -0.3 is 43.6 Å². The summed E-state index contributed by atoms with van der Waals surface area (Å²) >= 11 is 0. The van der Waals surface area contributed by atoms with E-state index in [-0.39, 0.29) is 24.5 Å². The second-order valence-corrected chi connectivity index (χ2v) is 13.9. The minimum absolute atomic E-state index is 0.126. The zero-order chi connectivity index (χ0) is 40.3. The van der Waals surface area contributed by atoms with Crippen LogP contribution in [0, 0.1) is 10.1 Å². The number of nitrogens with zero attached hydrogens (tertiary/aromatic N) is 2. The minimum atomic E-state index is -1.63. The third-order valence-electron chi connectivity index (χ3n) is 6.30. The van der Waals surface area contributed by atoms with Crippen LogP contribution in [0.25, 0.3) is 0 Å². The van der Waals surface area contributed by atoms with Crippen LogP contribution in [0.15, 0.2) is 41.1 Å². The van der Waals surface area contributed by atoms with Gasteiger partial charge in [-0.2, -0.15) is 0 Å². The Morgan fingerprint density at radius 2 is 1.51 bits per heavy atom. The molecule has 0 radical (unpaired) electrons. The number of hydrogen-bond acceptors (Lipinski definition) is 16. The standard InChI is InChI=1S/C33H47N5O15/c1-18(39)34-24-21(35-27(36-28(41)52-31(2,3)4)37-29(42)53-32(5,6)7)17-23(26(40)47-10)50-25(24)22(15-16-48-33(8,9)44)51-30(43)49-20-13-11-19(12-14-20)38(45)46/h11-14,17,21-22,24-25,44H,15-16H2,1-10H3,(H,34,39)(H2,35,36,37,41,42)/t21-,22+,24+,25-/m0/s1. The highest BCUT2D eigenvalue weighted by molar-refractivity contribution is 6.01. The Morgan fingerprint density at radius 3 is 1.96 bits per heavy atom. The lowest BCUT2D eigenvalue weighted by Gasteiger charge is -2.39. The number of benzene rings is 1. The fourth-order valence-corrected chi connectivity index (χ4v) is 4.40. The van der Waals surface area contributed by atoms with Crippen molar-refractivity contribution in [2.45, 2.75) is 110 Å². The van der Waals surface area contributed by atoms with Crippen LogP contribution in [0.5, 0.6) is 5.75 Å². The number of nitro benzene ring substituents is 1. The number of aliphatic hydroxyl groups is 1. The molecule has 294 valence electrons. The van der Waals surface area contributed by atoms with Gasteiger partial charge in [-0.05, 0) is 73.6 Å². The molecule has 53 heavy (non-hydrogen) atoms. The Bertz CT molecular complexity index is 1520. The second kappa shape index (κ2) is 18.3. The first-order valence-corrected chi connectivity index (χ1v) is 16.2. The SMILES string of the molecule is COC(=O)C1=C[C@H](N=C(NC(=O)OC(C)(C)C)NC(=O)OC(C)(C)C)[C@@H](NC(C)=O)[C@H]([C@@H](CCOC(C)(C)O)OC(=O)Oc2ccc([N+](=O)[O-])cc2)O1. The highest BCUT2D eigenvalue weighted by atomic mass is 16.7. The van der Waals surface area contributed by atoms with Gasteiger partial charge in [-0.3, -0.25) is 25.5 Å². The molecule has 0 spiro atoms. The topological polar surface area (TPSA) is 262 Å². The van der Waals surface area contributed by atoms with E-state index >= 15 is 0 Å². The molecule has 1 aromatic carbocycles. The van der Waals surface area contributed by atoms with Crippen LogP contribution in [0.1, 0.15) is 68.7 Å². The molecule has 1 aromatic rings. The van der Waals surface area contributed by atoms with Crippen LogP contribution in [0.2, 0.25) is 0 Å². The zero-order valence-corrected chi connectivity index (χ0v) is 31.2. The first kappa shape index (κ1) is 43.7. The molecule has 0 aromatic heterocycles. The average molecular weight is 754 g/mol. The minimum Gasteiger partial charge on any atom is -0.477 e. The van der Waals surface area contributed by atoms with Gasteiger partial charge in [0, 0.05) is 25.5 Å². The number of guanidine groups is 1. The number of amides is 3. The summed E-state index contributed by atoms with van der Waals surface area (Å²) in [5.41, 5.74) is -2.21. The summed E-state index contributed by atoms with van der Waals surface area (Å²) in [4.78, 5) is 79.0. The first-order valence-electron chi connectivity index (χ1n) is 16.2. The number of hydrogen-bond donors (Lipinski definition) is 4. The van der Waals surface area contributed by atoms with Crippen LogP contribution in [-0.2, 0) is 38.0 Å². The summed E-state index contributed by atoms with van der Waals surface area (Å²) in [5.74, 6) is -4.41. The Morgan fingerprint density at radius 1 is 0.962 bits per heavy atom. The van der Waals surface area contributed by atoms with Crippen molar-refractivity contribution < 1.29 is 67.2 Å². The average Bonchev–Trinajstić information content (AvgIpc) is 2.98. The van der Waals surface area contributed by atoms with E-state index in [1.165, 1.54) is 13.8 Å². The maximum Gasteiger partial charge on any atom is 0.514 e. The van der Waals surface area contributed by atoms with Crippen molar-refractivity contribution in [3.8, 4) is 5.75 Å². The van der Waals surface area contributed by atoms with E-state index in [9.17, 15) is 39.2 Å². The molecule has 4 atom stereocenters. The highest BCUT2D eigenvalue weighted by Gasteiger charge is 2.44. The van der Waals surface area contributed by atoms with Crippen molar-refractivity contribution >= 4 is 41.9 Å². The fraction of sp³-hybridized carbons (Fsp3) is 0.576. The summed E-state index contributed by atoms with van der Waals surface area (Å²) in [7, 11) is 1.06. The Labute approximate surface area is 305 Å². The van der Waals surface area contributed by atoms with E-state index in [2.05, 4.69) is 20.9 Å². The molecule has 20 nitrogen and oxygen atoms in total. The monoisotopic (exact) mass is 753 g/mol. The van der Waals surface area contributed by atoms with Crippen LogP contribution in [0.4, 0.5) is 20.1 Å². The van der Waals surface area contributed by atoms with Crippen molar-refractivity contribution in [2.24, 2.45) is 4.99 Å². The second-order valence-electron chi connectivity index (χ2n) is 13.9. The number of esters is 1. The smallest absolute Gasteiger partial charge is 0.477 e. The van der Waals surface area contributed by atoms with Gasteiger partial charge in [-0.1, -0.05) is 0 Å². The number of carbonyl (C=O) groups excluding carboxylic acids is 5. The molecule has 0 bridgehead atoms. The number of carbonyl (C=O) groups is 5. The lowest BCUT2D eigenvalue weighted by atomic mass is 9.93. The maximum atomic E-state index is 13.1. The lowest BCUT2D eigenvalue weighted by Crippen LogP contribution is -2.59. The summed E-state index contributed by atoms with van der Waals surface area (Å²) in [6.45, 7) is 13.2. The number of methoxy groups -OCH3 is 1. The van der Waals surface area contributed by atoms with E-state index in [0.29, 0.717) is 0 Å². The molecule has 20 heteroatoms. The molecule has 0 unspecified atom stereocenters. The van der Waals surface area contributed by atoms with Gasteiger partial charge in [0.2, 0.25) is 17.6 Å². The third-order valence-corrected chi connectivity index (χ3v) is 6.30. The molecule has 0 saturated heterocycles. The normalized spacial score (nSPS) is 17.7. The molecule has 1 heterocycles. The van der Waals surface area contributed by atoms with E-state index < -0.39 is 88.1 Å². The zero-order valence-electron chi connectivity index (χ0n) is 31.2. The predicted octanol–water partition coefficient (Wildman–Crippen LogP) is 3.35. The third kappa shape index (κ3) is 16.2. The number of aliphatic imine (C=N–C) groups is 1. The van der Waals surface area contributed by atoms with E-state index in [4.69, 9.17) is 33.2 Å². The largest absolute Gasteiger partial charge is 0.514 e. The van der Waals surface area contributed by atoms with E-state index in [1.807, 2.05) is 0 Å². The molecule has 0 saturated carbocycles. The Kier molecular flexibility index (Phi) is 15.1. The Balaban J connectivity index is 2.67. The van der Waals surface area contributed by atoms with Crippen molar-refractivity contribution in [3.05, 3.63) is 46.2 Å². The summed E-state index contributed by atoms with van der Waals surface area (Å²) < 4.78 is 37.7. The quantitative estimate of drug-likeness (QED) is 0.0369. The molecule has 4 N–H and O–H groups in total. The summed E-state index contributed by atoms with van der Waals surface area (Å²) in [6, 6.07) is 1.80. The number of alkyl carbamates (subject to hydrolysis) is 2. The van der Waals surface area contributed by atoms with Gasteiger partial charge in [0.1, 0.15) is 23.1 Å². The first-order chi connectivity index (χ1) is 24.4. The van der Waals surface area contributed by atoms with Gasteiger partial charge in [0.05, 0.1) is 30.7 Å². The molecular formula is C33H47N5O15. The van der Waals surface area contributed by atoms with Crippen LogP contribution < -0.4 is 20.7 Å². The fourth-order valence-electron chi connectivity index (χ4n) is 4.40. The van der Waals surface area contributed by atoms with Crippen LogP contribution in [0.3, 0.4) is 0 Å². The molecule has 3 amide bonds. The molecule has 2 rings (SSSR count). The van der Waals surface area contributed by atoms with Gasteiger partial charge in [-0.15, -0.1) is 0 Å². The molecule has 0 aliphatic carbocycles. The number of ether oxygens (including phenoxy) is 7. The molecular weight excluding hydrogens is 706 g/mol. The maximum absolute atomic E-state index is 13.1. The molecule has 0 fully saturated rings. The van der Waals surface area contributed by atoms with Gasteiger partial charge in [0.15, 0.2) is 11.9 Å².